The van der Waals surface area contributed by atoms with Crippen molar-refractivity contribution in [3.05, 3.63) is 41.2 Å². The summed E-state index contributed by atoms with van der Waals surface area (Å²) in [6.07, 6.45) is 4.28. The van der Waals surface area contributed by atoms with Gasteiger partial charge in [-0.25, -0.2) is 9.18 Å². The molecule has 0 unspecified atom stereocenters. The molecule has 5 heteroatoms. The molecular weight excluding hydrogens is 273 g/mol. The number of benzene rings is 1. The van der Waals surface area contributed by atoms with E-state index in [4.69, 9.17) is 10.2 Å². The molecule has 0 fully saturated rings. The molecule has 0 spiro atoms. The highest BCUT2D eigenvalue weighted by atomic mass is 19.1. The molecule has 21 heavy (non-hydrogen) atoms. The number of aliphatic hydroxyl groups is 1. The summed E-state index contributed by atoms with van der Waals surface area (Å²) < 4.78 is 13.6. The highest BCUT2D eigenvalue weighted by molar-refractivity contribution is 5.85. The van der Waals surface area contributed by atoms with Gasteiger partial charge in [0.15, 0.2) is 0 Å². The van der Waals surface area contributed by atoms with Gasteiger partial charge in [0.2, 0.25) is 0 Å². The summed E-state index contributed by atoms with van der Waals surface area (Å²) in [5, 5.41) is 17.7. The molecule has 0 atom stereocenters. The molecule has 0 aliphatic carbocycles. The Bertz CT molecular complexity index is 488. The third-order valence-electron chi connectivity index (χ3n) is 3.12. The fraction of sp³-hybridized carbons (Fsp3) is 0.438. The summed E-state index contributed by atoms with van der Waals surface area (Å²) in [4.78, 5) is 12.6. The van der Waals surface area contributed by atoms with E-state index in [0.717, 1.165) is 31.0 Å². The molecule has 0 saturated heterocycles. The molecule has 1 rings (SSSR count). The maximum atomic E-state index is 13.6. The van der Waals surface area contributed by atoms with Gasteiger partial charge < -0.3 is 10.2 Å². The van der Waals surface area contributed by atoms with Gasteiger partial charge in [0.25, 0.3) is 0 Å². The number of aliphatic hydroxyl groups excluding tert-OH is 1. The molecule has 0 amide bonds. The number of unbranched alkanes of at least 4 members (excludes halogenated alkanes) is 1. The fourth-order valence-electron chi connectivity index (χ4n) is 2.03. The SMILES string of the molecule is CCCCN(CCO)Cc1ccc(F)c(C=CC(=O)O)c1. The number of hydrogen-bond acceptors (Lipinski definition) is 3. The molecule has 116 valence electrons. The van der Waals surface area contributed by atoms with Crippen LogP contribution in [-0.2, 0) is 11.3 Å². The second-order valence-electron chi connectivity index (χ2n) is 4.88. The van der Waals surface area contributed by atoms with Crippen LogP contribution in [0.3, 0.4) is 0 Å². The second kappa shape index (κ2) is 9.26. The molecule has 0 aromatic heterocycles. The highest BCUT2D eigenvalue weighted by Crippen LogP contribution is 2.14. The van der Waals surface area contributed by atoms with Crippen LogP contribution in [0.2, 0.25) is 0 Å². The Hall–Kier alpha value is -1.72. The Kier molecular flexibility index (Phi) is 7.64. The van der Waals surface area contributed by atoms with E-state index in [1.807, 2.05) is 0 Å². The summed E-state index contributed by atoms with van der Waals surface area (Å²) in [6.45, 7) is 4.22. The van der Waals surface area contributed by atoms with Crippen LogP contribution >= 0.6 is 0 Å². The van der Waals surface area contributed by atoms with E-state index in [2.05, 4.69) is 11.8 Å². The Labute approximate surface area is 124 Å². The van der Waals surface area contributed by atoms with Gasteiger partial charge in [-0.1, -0.05) is 19.4 Å². The van der Waals surface area contributed by atoms with Gasteiger partial charge >= 0.3 is 5.97 Å². The Balaban J connectivity index is 2.81. The molecule has 0 radical (unpaired) electrons. The van der Waals surface area contributed by atoms with Gasteiger partial charge in [-0.2, -0.15) is 0 Å². The summed E-state index contributed by atoms with van der Waals surface area (Å²) >= 11 is 0. The van der Waals surface area contributed by atoms with E-state index >= 15 is 0 Å². The zero-order chi connectivity index (χ0) is 15.7. The van der Waals surface area contributed by atoms with Gasteiger partial charge in [-0.3, -0.25) is 4.90 Å². The van der Waals surface area contributed by atoms with Crippen LogP contribution < -0.4 is 0 Å². The first-order valence-corrected chi connectivity index (χ1v) is 7.09. The van der Waals surface area contributed by atoms with Gasteiger partial charge in [0.1, 0.15) is 5.82 Å². The van der Waals surface area contributed by atoms with E-state index in [1.165, 1.54) is 12.1 Å². The van der Waals surface area contributed by atoms with Crippen molar-refractivity contribution in [1.82, 2.24) is 4.90 Å². The summed E-state index contributed by atoms with van der Waals surface area (Å²) in [5.41, 5.74) is 1.15. The lowest BCUT2D eigenvalue weighted by atomic mass is 10.1. The lowest BCUT2D eigenvalue weighted by Crippen LogP contribution is -2.27. The van der Waals surface area contributed by atoms with Crippen molar-refractivity contribution in [2.45, 2.75) is 26.3 Å². The average molecular weight is 295 g/mol. The Morgan fingerprint density at radius 2 is 2.14 bits per heavy atom. The standard InChI is InChI=1S/C16H22FNO3/c1-2-3-8-18(9-10-19)12-13-4-6-15(17)14(11-13)5-7-16(20)21/h4-7,11,19H,2-3,8-10,12H2,1H3,(H,20,21). The Morgan fingerprint density at radius 3 is 2.76 bits per heavy atom. The quantitative estimate of drug-likeness (QED) is 0.687. The fourth-order valence-corrected chi connectivity index (χ4v) is 2.03. The molecule has 1 aromatic carbocycles. The zero-order valence-corrected chi connectivity index (χ0v) is 12.3. The van der Waals surface area contributed by atoms with E-state index < -0.39 is 11.8 Å². The third-order valence-corrected chi connectivity index (χ3v) is 3.12. The van der Waals surface area contributed by atoms with Crippen LogP contribution in [0.1, 0.15) is 30.9 Å². The van der Waals surface area contributed by atoms with Crippen LogP contribution in [-0.4, -0.2) is 40.8 Å². The number of carboxylic acid groups (broad SMARTS) is 1. The minimum Gasteiger partial charge on any atom is -0.478 e. The third kappa shape index (κ3) is 6.51. The normalized spacial score (nSPS) is 11.4. The zero-order valence-electron chi connectivity index (χ0n) is 12.3. The summed E-state index contributed by atoms with van der Waals surface area (Å²) in [5.74, 6) is -1.55. The maximum absolute atomic E-state index is 13.6. The number of carbonyl (C=O) groups is 1. The molecular formula is C16H22FNO3. The molecule has 0 saturated carbocycles. The van der Waals surface area contributed by atoms with E-state index in [-0.39, 0.29) is 12.2 Å². The van der Waals surface area contributed by atoms with Crippen molar-refractivity contribution in [1.29, 1.82) is 0 Å². The molecule has 0 aliphatic rings. The highest BCUT2D eigenvalue weighted by Gasteiger charge is 2.07. The van der Waals surface area contributed by atoms with Crippen molar-refractivity contribution >= 4 is 12.0 Å². The van der Waals surface area contributed by atoms with Gasteiger partial charge in [0, 0.05) is 24.7 Å². The first kappa shape index (κ1) is 17.3. The van der Waals surface area contributed by atoms with Crippen LogP contribution in [0, 0.1) is 5.82 Å². The predicted molar refractivity (Wildman–Crippen MR) is 80.3 cm³/mol. The van der Waals surface area contributed by atoms with E-state index in [9.17, 15) is 9.18 Å². The molecule has 0 aliphatic heterocycles. The number of carboxylic acids is 1. The molecule has 0 heterocycles. The minimum atomic E-state index is -1.11. The first-order valence-electron chi connectivity index (χ1n) is 7.09. The number of hydrogen-bond donors (Lipinski definition) is 2. The monoisotopic (exact) mass is 295 g/mol. The topological polar surface area (TPSA) is 60.8 Å². The van der Waals surface area contributed by atoms with Crippen LogP contribution in [0.4, 0.5) is 4.39 Å². The van der Waals surface area contributed by atoms with Gasteiger partial charge in [0.05, 0.1) is 6.61 Å². The molecule has 0 bridgehead atoms. The van der Waals surface area contributed by atoms with E-state index in [1.54, 1.807) is 12.1 Å². The number of nitrogens with zero attached hydrogens (tertiary/aromatic N) is 1. The van der Waals surface area contributed by atoms with E-state index in [0.29, 0.717) is 13.1 Å². The average Bonchev–Trinajstić information content (AvgIpc) is 2.45. The predicted octanol–water partition coefficient (Wildman–Crippen LogP) is 2.52. The molecule has 4 nitrogen and oxygen atoms in total. The first-order chi connectivity index (χ1) is 10.1. The van der Waals surface area contributed by atoms with Crippen molar-refractivity contribution < 1.29 is 19.4 Å². The largest absolute Gasteiger partial charge is 0.478 e. The summed E-state index contributed by atoms with van der Waals surface area (Å²) in [7, 11) is 0. The number of halogens is 1. The van der Waals surface area contributed by atoms with Crippen molar-refractivity contribution in [2.24, 2.45) is 0 Å². The van der Waals surface area contributed by atoms with Crippen LogP contribution in [0.25, 0.3) is 6.08 Å². The second-order valence-corrected chi connectivity index (χ2v) is 4.88. The van der Waals surface area contributed by atoms with Gasteiger partial charge in [-0.15, -0.1) is 0 Å². The minimum absolute atomic E-state index is 0.0800. The Morgan fingerprint density at radius 1 is 1.38 bits per heavy atom. The number of rotatable bonds is 9. The van der Waals surface area contributed by atoms with Gasteiger partial charge in [-0.05, 0) is 36.7 Å². The summed E-state index contributed by atoms with van der Waals surface area (Å²) in [6, 6.07) is 4.67. The lowest BCUT2D eigenvalue weighted by Gasteiger charge is -2.21. The van der Waals surface area contributed by atoms with Crippen LogP contribution in [0.15, 0.2) is 24.3 Å². The molecule has 2 N–H and O–H groups in total. The molecule has 1 aromatic rings. The van der Waals surface area contributed by atoms with Crippen molar-refractivity contribution in [2.75, 3.05) is 19.7 Å². The number of aliphatic carboxylic acids is 1. The lowest BCUT2D eigenvalue weighted by molar-refractivity contribution is -0.131. The smallest absolute Gasteiger partial charge is 0.328 e. The maximum Gasteiger partial charge on any atom is 0.328 e. The van der Waals surface area contributed by atoms with Crippen molar-refractivity contribution in [3.8, 4) is 0 Å². The van der Waals surface area contributed by atoms with Crippen LogP contribution in [0.5, 0.6) is 0 Å². The van der Waals surface area contributed by atoms with Crippen molar-refractivity contribution in [3.63, 3.8) is 0 Å².